The SMILES string of the molecule is CC(=O)Nc1ccc(S(=O)(=O)NCC(c2ccco2)N2CCCCC2)cc1. The second-order valence-electron chi connectivity index (χ2n) is 6.69. The van der Waals surface area contributed by atoms with Crippen molar-refractivity contribution in [3.8, 4) is 0 Å². The van der Waals surface area contributed by atoms with Crippen LogP contribution in [0.25, 0.3) is 0 Å². The molecule has 1 aromatic carbocycles. The smallest absolute Gasteiger partial charge is 0.240 e. The van der Waals surface area contributed by atoms with Crippen molar-refractivity contribution in [2.24, 2.45) is 0 Å². The van der Waals surface area contributed by atoms with Crippen molar-refractivity contribution >= 4 is 21.6 Å². The highest BCUT2D eigenvalue weighted by atomic mass is 32.2. The van der Waals surface area contributed by atoms with E-state index in [9.17, 15) is 13.2 Å². The van der Waals surface area contributed by atoms with Crippen molar-refractivity contribution < 1.29 is 17.6 Å². The zero-order chi connectivity index (χ0) is 19.3. The molecule has 0 bridgehead atoms. The highest BCUT2D eigenvalue weighted by molar-refractivity contribution is 7.89. The van der Waals surface area contributed by atoms with Crippen LogP contribution in [0.3, 0.4) is 0 Å². The minimum absolute atomic E-state index is 0.131. The summed E-state index contributed by atoms with van der Waals surface area (Å²) in [5.41, 5.74) is 0.559. The van der Waals surface area contributed by atoms with E-state index in [1.54, 1.807) is 18.4 Å². The third kappa shape index (κ3) is 5.18. The fourth-order valence-corrected chi connectivity index (χ4v) is 4.35. The van der Waals surface area contributed by atoms with Crippen LogP contribution < -0.4 is 10.0 Å². The molecule has 1 aliphatic heterocycles. The van der Waals surface area contributed by atoms with Crippen LogP contribution in [0.4, 0.5) is 5.69 Å². The van der Waals surface area contributed by atoms with E-state index in [1.165, 1.54) is 25.5 Å². The number of hydrogen-bond acceptors (Lipinski definition) is 5. The molecular weight excluding hydrogens is 366 g/mol. The number of hydrogen-bond donors (Lipinski definition) is 2. The minimum atomic E-state index is -3.66. The summed E-state index contributed by atoms with van der Waals surface area (Å²) < 4.78 is 33.6. The Kier molecular flexibility index (Phi) is 6.30. The molecule has 3 rings (SSSR count). The predicted octanol–water partition coefficient (Wildman–Crippen LogP) is 2.74. The number of anilines is 1. The van der Waals surface area contributed by atoms with Crippen LogP contribution in [-0.4, -0.2) is 38.9 Å². The average molecular weight is 391 g/mol. The van der Waals surface area contributed by atoms with Crippen LogP contribution >= 0.6 is 0 Å². The zero-order valence-electron chi connectivity index (χ0n) is 15.3. The Labute approximate surface area is 159 Å². The molecule has 1 aliphatic rings. The Morgan fingerprint density at radius 2 is 1.85 bits per heavy atom. The maximum absolute atomic E-state index is 12.7. The van der Waals surface area contributed by atoms with Gasteiger partial charge < -0.3 is 9.73 Å². The van der Waals surface area contributed by atoms with Gasteiger partial charge >= 0.3 is 0 Å². The van der Waals surface area contributed by atoms with Crippen molar-refractivity contribution in [2.45, 2.75) is 37.1 Å². The van der Waals surface area contributed by atoms with Crippen LogP contribution in [0.5, 0.6) is 0 Å². The molecule has 27 heavy (non-hydrogen) atoms. The molecule has 1 amide bonds. The Morgan fingerprint density at radius 3 is 2.44 bits per heavy atom. The number of nitrogens with one attached hydrogen (secondary N) is 2. The van der Waals surface area contributed by atoms with E-state index in [-0.39, 0.29) is 23.4 Å². The summed E-state index contributed by atoms with van der Waals surface area (Å²) in [4.78, 5) is 13.5. The lowest BCUT2D eigenvalue weighted by atomic mass is 10.1. The second kappa shape index (κ2) is 8.69. The number of rotatable bonds is 7. The normalized spacial score (nSPS) is 16.8. The molecule has 0 aliphatic carbocycles. The maximum atomic E-state index is 12.7. The first-order valence-corrected chi connectivity index (χ1v) is 10.6. The molecule has 0 radical (unpaired) electrons. The average Bonchev–Trinajstić information content (AvgIpc) is 3.17. The molecule has 1 aromatic heterocycles. The number of carbonyl (C=O) groups is 1. The van der Waals surface area contributed by atoms with E-state index >= 15 is 0 Å². The molecule has 0 saturated carbocycles. The maximum Gasteiger partial charge on any atom is 0.240 e. The van der Waals surface area contributed by atoms with E-state index < -0.39 is 10.0 Å². The minimum Gasteiger partial charge on any atom is -0.468 e. The van der Waals surface area contributed by atoms with Crippen LogP contribution in [0.1, 0.15) is 38.0 Å². The summed E-state index contributed by atoms with van der Waals surface area (Å²) in [5, 5.41) is 2.62. The van der Waals surface area contributed by atoms with E-state index in [2.05, 4.69) is 14.9 Å². The van der Waals surface area contributed by atoms with Gasteiger partial charge in [-0.05, 0) is 62.3 Å². The van der Waals surface area contributed by atoms with Crippen molar-refractivity contribution in [1.82, 2.24) is 9.62 Å². The first kappa shape index (κ1) is 19.6. The van der Waals surface area contributed by atoms with Gasteiger partial charge in [-0.2, -0.15) is 0 Å². The van der Waals surface area contributed by atoms with Crippen LogP contribution in [0.15, 0.2) is 52.0 Å². The van der Waals surface area contributed by atoms with E-state index in [0.29, 0.717) is 5.69 Å². The molecule has 8 heteroatoms. The summed E-state index contributed by atoms with van der Waals surface area (Å²) in [7, 11) is -3.66. The zero-order valence-corrected chi connectivity index (χ0v) is 16.2. The van der Waals surface area contributed by atoms with Gasteiger partial charge in [0, 0.05) is 19.2 Å². The monoisotopic (exact) mass is 391 g/mol. The molecule has 2 aromatic rings. The highest BCUT2D eigenvalue weighted by Crippen LogP contribution is 2.25. The molecule has 2 N–H and O–H groups in total. The molecule has 0 spiro atoms. The van der Waals surface area contributed by atoms with E-state index in [0.717, 1.165) is 31.7 Å². The van der Waals surface area contributed by atoms with Crippen molar-refractivity contribution in [2.75, 3.05) is 25.0 Å². The number of nitrogens with zero attached hydrogens (tertiary/aromatic N) is 1. The lowest BCUT2D eigenvalue weighted by Crippen LogP contribution is -2.40. The van der Waals surface area contributed by atoms with E-state index in [1.807, 2.05) is 12.1 Å². The first-order chi connectivity index (χ1) is 13.0. The molecule has 1 atom stereocenters. The third-order valence-electron chi connectivity index (χ3n) is 4.65. The molecule has 1 fully saturated rings. The molecule has 1 saturated heterocycles. The van der Waals surface area contributed by atoms with Crippen LogP contribution in [-0.2, 0) is 14.8 Å². The molecule has 1 unspecified atom stereocenters. The third-order valence-corrected chi connectivity index (χ3v) is 6.09. The molecule has 7 nitrogen and oxygen atoms in total. The van der Waals surface area contributed by atoms with Gasteiger partial charge in [-0.3, -0.25) is 9.69 Å². The van der Waals surface area contributed by atoms with Gasteiger partial charge in [-0.25, -0.2) is 13.1 Å². The summed E-state index contributed by atoms with van der Waals surface area (Å²) in [5.74, 6) is 0.562. The standard InChI is InChI=1S/C19H25N3O4S/c1-15(23)21-16-7-9-17(10-8-16)27(24,25)20-14-18(19-6-5-13-26-19)22-11-3-2-4-12-22/h5-10,13,18,20H,2-4,11-12,14H2,1H3,(H,21,23). The van der Waals surface area contributed by atoms with Gasteiger partial charge in [0.2, 0.25) is 15.9 Å². The number of sulfonamides is 1. The quantitative estimate of drug-likeness (QED) is 0.757. The van der Waals surface area contributed by atoms with Gasteiger partial charge in [0.25, 0.3) is 0 Å². The van der Waals surface area contributed by atoms with Gasteiger partial charge in [-0.1, -0.05) is 6.42 Å². The predicted molar refractivity (Wildman–Crippen MR) is 103 cm³/mol. The van der Waals surface area contributed by atoms with Gasteiger partial charge in [-0.15, -0.1) is 0 Å². The number of benzene rings is 1. The summed E-state index contributed by atoms with van der Waals surface area (Å²) in [6.45, 7) is 3.50. The van der Waals surface area contributed by atoms with Crippen molar-refractivity contribution in [1.29, 1.82) is 0 Å². The molecule has 2 heterocycles. The van der Waals surface area contributed by atoms with Crippen LogP contribution in [0.2, 0.25) is 0 Å². The second-order valence-corrected chi connectivity index (χ2v) is 8.45. The Bertz CT molecular complexity index is 842. The molecular formula is C19H25N3O4S. The summed E-state index contributed by atoms with van der Waals surface area (Å²) in [6, 6.07) is 9.69. The Balaban J connectivity index is 1.70. The largest absolute Gasteiger partial charge is 0.468 e. The number of amides is 1. The van der Waals surface area contributed by atoms with Crippen molar-refractivity contribution in [3.05, 3.63) is 48.4 Å². The van der Waals surface area contributed by atoms with Crippen molar-refractivity contribution in [3.63, 3.8) is 0 Å². The van der Waals surface area contributed by atoms with E-state index in [4.69, 9.17) is 4.42 Å². The lowest BCUT2D eigenvalue weighted by Gasteiger charge is -2.33. The summed E-state index contributed by atoms with van der Waals surface area (Å²) >= 11 is 0. The Hall–Kier alpha value is -2.16. The highest BCUT2D eigenvalue weighted by Gasteiger charge is 2.26. The number of piperidine rings is 1. The van der Waals surface area contributed by atoms with Gasteiger partial charge in [0.05, 0.1) is 17.2 Å². The summed E-state index contributed by atoms with van der Waals surface area (Å²) in [6.07, 6.45) is 5.03. The number of likely N-dealkylation sites (tertiary alicyclic amines) is 1. The fraction of sp³-hybridized carbons (Fsp3) is 0.421. The lowest BCUT2D eigenvalue weighted by molar-refractivity contribution is -0.114. The number of carbonyl (C=O) groups excluding carboxylic acids is 1. The Morgan fingerprint density at radius 1 is 1.15 bits per heavy atom. The fourth-order valence-electron chi connectivity index (χ4n) is 3.31. The van der Waals surface area contributed by atoms with Crippen LogP contribution in [0, 0.1) is 0 Å². The van der Waals surface area contributed by atoms with Gasteiger partial charge in [0.15, 0.2) is 0 Å². The number of furan rings is 1. The van der Waals surface area contributed by atoms with Gasteiger partial charge in [0.1, 0.15) is 5.76 Å². The first-order valence-electron chi connectivity index (χ1n) is 9.10. The topological polar surface area (TPSA) is 91.6 Å². The molecule has 146 valence electrons.